The molecule has 0 bridgehead atoms. The van der Waals surface area contributed by atoms with E-state index in [-0.39, 0.29) is 5.56 Å². The minimum atomic E-state index is -0.191. The zero-order valence-corrected chi connectivity index (χ0v) is 6.53. The number of fused-ring (bicyclic) bond motifs is 1. The van der Waals surface area contributed by atoms with Crippen LogP contribution in [0.3, 0.4) is 0 Å². The summed E-state index contributed by atoms with van der Waals surface area (Å²) in [6.07, 6.45) is 1.38. The largest absolute Gasteiger partial charge is 0.311 e. The first-order valence-electron chi connectivity index (χ1n) is 3.58. The molecule has 0 spiro atoms. The first-order valence-corrected chi connectivity index (χ1v) is 3.58. The van der Waals surface area contributed by atoms with Crippen molar-refractivity contribution in [2.45, 2.75) is 6.92 Å². The van der Waals surface area contributed by atoms with Crippen LogP contribution in [0, 0.1) is 6.92 Å². The number of aryl methyl sites for hydroxylation is 1. The lowest BCUT2D eigenvalue weighted by Gasteiger charge is -1.94. The molecule has 2 aromatic rings. The maximum absolute atomic E-state index is 11.2. The Balaban J connectivity index is 2.98. The zero-order chi connectivity index (χ0) is 8.55. The molecule has 0 fully saturated rings. The van der Waals surface area contributed by atoms with Gasteiger partial charge in [0, 0.05) is 5.69 Å². The van der Waals surface area contributed by atoms with Crippen LogP contribution in [0.4, 0.5) is 0 Å². The molecule has 0 amide bonds. The van der Waals surface area contributed by atoms with Crippen molar-refractivity contribution in [3.05, 3.63) is 34.5 Å². The lowest BCUT2D eigenvalue weighted by Crippen LogP contribution is -2.08. The Hall–Kier alpha value is -1.71. The number of rotatable bonds is 0. The van der Waals surface area contributed by atoms with Gasteiger partial charge in [0.05, 0.1) is 11.8 Å². The number of H-pyrrole nitrogens is 1. The van der Waals surface area contributed by atoms with Crippen LogP contribution in [0.25, 0.3) is 11.0 Å². The monoisotopic (exact) mass is 161 g/mol. The summed E-state index contributed by atoms with van der Waals surface area (Å²) in [4.78, 5) is 21.7. The molecule has 0 atom stereocenters. The minimum absolute atomic E-state index is 0.191. The summed E-state index contributed by atoms with van der Waals surface area (Å²) in [6.45, 7) is 1.84. The quantitative estimate of drug-likeness (QED) is 0.616. The standard InChI is InChI=1S/C8H7N3O/c1-5-2-3-6-7(11-5)8(12)10-4-9-6/h2-4H,1H3,(H,9,10,12). The SMILES string of the molecule is Cc1ccc2nc[nH]c(=O)c2n1. The topological polar surface area (TPSA) is 58.6 Å². The van der Waals surface area contributed by atoms with Gasteiger partial charge in [-0.25, -0.2) is 9.97 Å². The van der Waals surface area contributed by atoms with Gasteiger partial charge in [0.15, 0.2) is 5.52 Å². The van der Waals surface area contributed by atoms with Gasteiger partial charge < -0.3 is 4.98 Å². The van der Waals surface area contributed by atoms with Crippen LogP contribution in [0.15, 0.2) is 23.3 Å². The van der Waals surface area contributed by atoms with Crippen molar-refractivity contribution in [1.29, 1.82) is 0 Å². The van der Waals surface area contributed by atoms with Crippen LogP contribution in [-0.4, -0.2) is 15.0 Å². The molecule has 0 saturated carbocycles. The van der Waals surface area contributed by atoms with Gasteiger partial charge in [0.2, 0.25) is 0 Å². The summed E-state index contributed by atoms with van der Waals surface area (Å²) in [5.74, 6) is 0. The molecule has 2 rings (SSSR count). The molecule has 0 aromatic carbocycles. The van der Waals surface area contributed by atoms with E-state index in [4.69, 9.17) is 0 Å². The summed E-state index contributed by atoms with van der Waals surface area (Å²) < 4.78 is 0. The van der Waals surface area contributed by atoms with E-state index in [9.17, 15) is 4.79 Å². The molecule has 4 heteroatoms. The van der Waals surface area contributed by atoms with Gasteiger partial charge in [-0.3, -0.25) is 4.79 Å². The molecule has 2 aromatic heterocycles. The van der Waals surface area contributed by atoms with E-state index < -0.39 is 0 Å². The number of hydrogen-bond acceptors (Lipinski definition) is 3. The predicted molar refractivity (Wildman–Crippen MR) is 44.9 cm³/mol. The normalized spacial score (nSPS) is 10.4. The van der Waals surface area contributed by atoms with Gasteiger partial charge >= 0.3 is 0 Å². The molecular weight excluding hydrogens is 154 g/mol. The fourth-order valence-electron chi connectivity index (χ4n) is 1.05. The minimum Gasteiger partial charge on any atom is -0.311 e. The third kappa shape index (κ3) is 0.972. The van der Waals surface area contributed by atoms with Gasteiger partial charge in [-0.2, -0.15) is 0 Å². The van der Waals surface area contributed by atoms with E-state index in [0.29, 0.717) is 11.0 Å². The highest BCUT2D eigenvalue weighted by Gasteiger charge is 1.98. The second-order valence-electron chi connectivity index (χ2n) is 2.55. The van der Waals surface area contributed by atoms with E-state index >= 15 is 0 Å². The van der Waals surface area contributed by atoms with E-state index in [2.05, 4.69) is 15.0 Å². The maximum atomic E-state index is 11.2. The fraction of sp³-hybridized carbons (Fsp3) is 0.125. The number of aromatic nitrogens is 3. The molecule has 0 radical (unpaired) electrons. The van der Waals surface area contributed by atoms with Gasteiger partial charge in [-0.15, -0.1) is 0 Å². The highest BCUT2D eigenvalue weighted by molar-refractivity contribution is 5.72. The average Bonchev–Trinajstić information content (AvgIpc) is 2.07. The molecule has 0 unspecified atom stereocenters. The van der Waals surface area contributed by atoms with Crippen LogP contribution >= 0.6 is 0 Å². The highest BCUT2D eigenvalue weighted by Crippen LogP contribution is 2.02. The Kier molecular flexibility index (Phi) is 1.40. The van der Waals surface area contributed by atoms with Crippen molar-refractivity contribution in [1.82, 2.24) is 15.0 Å². The Morgan fingerprint density at radius 3 is 3.08 bits per heavy atom. The van der Waals surface area contributed by atoms with Crippen molar-refractivity contribution in [2.24, 2.45) is 0 Å². The first-order chi connectivity index (χ1) is 5.77. The molecule has 0 aliphatic heterocycles. The van der Waals surface area contributed by atoms with E-state index in [1.807, 2.05) is 13.0 Å². The van der Waals surface area contributed by atoms with Gasteiger partial charge in [-0.1, -0.05) is 0 Å². The molecular formula is C8H7N3O. The van der Waals surface area contributed by atoms with Crippen LogP contribution in [-0.2, 0) is 0 Å². The molecule has 60 valence electrons. The van der Waals surface area contributed by atoms with Crippen LogP contribution in [0.2, 0.25) is 0 Å². The molecule has 1 N–H and O–H groups in total. The van der Waals surface area contributed by atoms with E-state index in [1.54, 1.807) is 6.07 Å². The average molecular weight is 161 g/mol. The van der Waals surface area contributed by atoms with Crippen molar-refractivity contribution in [3.63, 3.8) is 0 Å². The number of nitrogens with one attached hydrogen (secondary N) is 1. The summed E-state index contributed by atoms with van der Waals surface area (Å²) in [6, 6.07) is 3.61. The number of pyridine rings is 1. The summed E-state index contributed by atoms with van der Waals surface area (Å²) in [7, 11) is 0. The van der Waals surface area contributed by atoms with Crippen LogP contribution < -0.4 is 5.56 Å². The molecule has 12 heavy (non-hydrogen) atoms. The maximum Gasteiger partial charge on any atom is 0.277 e. The molecule has 2 heterocycles. The van der Waals surface area contributed by atoms with Crippen LogP contribution in [0.1, 0.15) is 5.69 Å². The second-order valence-corrected chi connectivity index (χ2v) is 2.55. The zero-order valence-electron chi connectivity index (χ0n) is 6.53. The summed E-state index contributed by atoms with van der Waals surface area (Å²) in [5, 5.41) is 0. The Bertz CT molecular complexity index is 475. The summed E-state index contributed by atoms with van der Waals surface area (Å²) in [5.41, 5.74) is 1.66. The molecule has 0 aliphatic carbocycles. The lowest BCUT2D eigenvalue weighted by molar-refractivity contribution is 1.13. The van der Waals surface area contributed by atoms with Crippen molar-refractivity contribution < 1.29 is 0 Å². The molecule has 4 nitrogen and oxygen atoms in total. The summed E-state index contributed by atoms with van der Waals surface area (Å²) >= 11 is 0. The van der Waals surface area contributed by atoms with Crippen LogP contribution in [0.5, 0.6) is 0 Å². The number of aromatic amines is 1. The molecule has 0 saturated heterocycles. The molecule has 0 aliphatic rings. The Morgan fingerprint density at radius 2 is 2.25 bits per heavy atom. The Labute approximate surface area is 68.3 Å². The first kappa shape index (κ1) is 6.97. The van der Waals surface area contributed by atoms with E-state index in [1.165, 1.54) is 6.33 Å². The van der Waals surface area contributed by atoms with Crippen molar-refractivity contribution >= 4 is 11.0 Å². The van der Waals surface area contributed by atoms with Crippen molar-refractivity contribution in [2.75, 3.05) is 0 Å². The predicted octanol–water partition coefficient (Wildman–Crippen LogP) is 0.627. The number of hydrogen-bond donors (Lipinski definition) is 1. The Morgan fingerprint density at radius 1 is 1.42 bits per heavy atom. The third-order valence-corrected chi connectivity index (χ3v) is 1.63. The van der Waals surface area contributed by atoms with E-state index in [0.717, 1.165) is 5.69 Å². The highest BCUT2D eigenvalue weighted by atomic mass is 16.1. The lowest BCUT2D eigenvalue weighted by atomic mass is 10.3. The number of nitrogens with zero attached hydrogens (tertiary/aromatic N) is 2. The fourth-order valence-corrected chi connectivity index (χ4v) is 1.05. The third-order valence-electron chi connectivity index (χ3n) is 1.63. The second kappa shape index (κ2) is 2.41. The van der Waals surface area contributed by atoms with Gasteiger partial charge in [0.25, 0.3) is 5.56 Å². The smallest absolute Gasteiger partial charge is 0.277 e. The van der Waals surface area contributed by atoms with Gasteiger partial charge in [-0.05, 0) is 19.1 Å². The van der Waals surface area contributed by atoms with Crippen molar-refractivity contribution in [3.8, 4) is 0 Å². The van der Waals surface area contributed by atoms with Gasteiger partial charge in [0.1, 0.15) is 0 Å².